The van der Waals surface area contributed by atoms with Crippen LogP contribution in [0.3, 0.4) is 0 Å². The quantitative estimate of drug-likeness (QED) is 0.810. The van der Waals surface area contributed by atoms with E-state index in [1.54, 1.807) is 17.9 Å². The molecule has 4 heteroatoms. The minimum atomic E-state index is -0.865. The molecule has 1 saturated carbocycles. The molecule has 0 aliphatic heterocycles. The van der Waals surface area contributed by atoms with E-state index < -0.39 is 11.9 Å². The van der Waals surface area contributed by atoms with Gasteiger partial charge in [-0.3, -0.25) is 9.59 Å². The Morgan fingerprint density at radius 3 is 2.55 bits per heavy atom. The first-order chi connectivity index (χ1) is 9.58. The molecule has 20 heavy (non-hydrogen) atoms. The fourth-order valence-electron chi connectivity index (χ4n) is 2.01. The fourth-order valence-corrected chi connectivity index (χ4v) is 2.01. The first kappa shape index (κ1) is 14.3. The monoisotopic (exact) mass is 273 g/mol. The van der Waals surface area contributed by atoms with Crippen LogP contribution < -0.4 is 0 Å². The number of carboxylic acid groups (broad SMARTS) is 1. The van der Waals surface area contributed by atoms with Crippen molar-refractivity contribution in [3.8, 4) is 0 Å². The summed E-state index contributed by atoms with van der Waals surface area (Å²) in [4.78, 5) is 24.8. The number of amides is 1. The van der Waals surface area contributed by atoms with Gasteiger partial charge in [0.25, 0.3) is 0 Å². The van der Waals surface area contributed by atoms with Gasteiger partial charge in [-0.25, -0.2) is 0 Å². The predicted octanol–water partition coefficient (Wildman–Crippen LogP) is 2.41. The van der Waals surface area contributed by atoms with Crippen LogP contribution in [0, 0.1) is 5.92 Å². The lowest BCUT2D eigenvalue weighted by Gasteiger charge is -2.22. The van der Waals surface area contributed by atoms with E-state index >= 15 is 0 Å². The highest BCUT2D eigenvalue weighted by molar-refractivity contribution is 5.92. The van der Waals surface area contributed by atoms with Crippen molar-refractivity contribution in [2.75, 3.05) is 6.54 Å². The van der Waals surface area contributed by atoms with Crippen LogP contribution in [0.4, 0.5) is 0 Å². The Labute approximate surface area is 118 Å². The lowest BCUT2D eigenvalue weighted by molar-refractivity contribution is -0.142. The van der Waals surface area contributed by atoms with Crippen LogP contribution in [0.5, 0.6) is 0 Å². The SMILES string of the molecule is CC(CN(C(=O)/C=C/c1ccccc1)C1CC1)C(=O)O. The highest BCUT2D eigenvalue weighted by Crippen LogP contribution is 2.28. The zero-order valence-corrected chi connectivity index (χ0v) is 11.5. The van der Waals surface area contributed by atoms with Gasteiger partial charge < -0.3 is 10.0 Å². The normalized spacial score (nSPS) is 16.1. The number of hydrogen-bond donors (Lipinski definition) is 1. The molecule has 1 atom stereocenters. The van der Waals surface area contributed by atoms with Crippen LogP contribution in [0.25, 0.3) is 6.08 Å². The Hall–Kier alpha value is -2.10. The Bertz CT molecular complexity index is 506. The molecule has 4 nitrogen and oxygen atoms in total. The summed E-state index contributed by atoms with van der Waals surface area (Å²) < 4.78 is 0. The second-order valence-corrected chi connectivity index (χ2v) is 5.21. The average Bonchev–Trinajstić information content (AvgIpc) is 3.27. The van der Waals surface area contributed by atoms with Gasteiger partial charge in [0.05, 0.1) is 5.92 Å². The summed E-state index contributed by atoms with van der Waals surface area (Å²) in [6, 6.07) is 9.80. The molecule has 0 bridgehead atoms. The highest BCUT2D eigenvalue weighted by atomic mass is 16.4. The van der Waals surface area contributed by atoms with Gasteiger partial charge in [0.1, 0.15) is 0 Å². The zero-order chi connectivity index (χ0) is 14.5. The maximum absolute atomic E-state index is 12.2. The molecule has 1 amide bonds. The number of carbonyl (C=O) groups is 2. The molecule has 1 aliphatic rings. The molecular weight excluding hydrogens is 254 g/mol. The molecule has 0 aromatic heterocycles. The predicted molar refractivity (Wildman–Crippen MR) is 77.0 cm³/mol. The van der Waals surface area contributed by atoms with Crippen LogP contribution in [-0.2, 0) is 9.59 Å². The maximum atomic E-state index is 12.2. The third-order valence-corrected chi connectivity index (χ3v) is 3.38. The molecule has 1 aliphatic carbocycles. The summed E-state index contributed by atoms with van der Waals surface area (Å²) in [5.41, 5.74) is 0.961. The van der Waals surface area contributed by atoms with Gasteiger partial charge >= 0.3 is 5.97 Å². The topological polar surface area (TPSA) is 57.6 Å². The standard InChI is InChI=1S/C16H19NO3/c1-12(16(19)20)11-17(14-8-9-14)15(18)10-7-13-5-3-2-4-6-13/h2-7,10,12,14H,8-9,11H2,1H3,(H,19,20)/b10-7+. The molecule has 1 aromatic carbocycles. The third kappa shape index (κ3) is 3.95. The maximum Gasteiger partial charge on any atom is 0.308 e. The molecule has 0 heterocycles. The minimum absolute atomic E-state index is 0.107. The van der Waals surface area contributed by atoms with Crippen molar-refractivity contribution in [3.63, 3.8) is 0 Å². The number of rotatable bonds is 6. The van der Waals surface area contributed by atoms with Crippen molar-refractivity contribution in [1.82, 2.24) is 4.90 Å². The first-order valence-electron chi connectivity index (χ1n) is 6.84. The second-order valence-electron chi connectivity index (χ2n) is 5.21. The summed E-state index contributed by atoms with van der Waals surface area (Å²) in [5, 5.41) is 8.97. The third-order valence-electron chi connectivity index (χ3n) is 3.38. The van der Waals surface area contributed by atoms with Crippen molar-refractivity contribution >= 4 is 18.0 Å². The molecule has 0 radical (unpaired) electrons. The number of benzene rings is 1. The van der Waals surface area contributed by atoms with E-state index in [0.29, 0.717) is 0 Å². The van der Waals surface area contributed by atoms with E-state index in [1.807, 2.05) is 30.3 Å². The second kappa shape index (κ2) is 6.37. The average molecular weight is 273 g/mol. The Morgan fingerprint density at radius 1 is 1.35 bits per heavy atom. The number of aliphatic carboxylic acids is 1. The van der Waals surface area contributed by atoms with E-state index in [9.17, 15) is 9.59 Å². The van der Waals surface area contributed by atoms with E-state index in [2.05, 4.69) is 0 Å². The van der Waals surface area contributed by atoms with E-state index in [-0.39, 0.29) is 18.5 Å². The molecule has 1 aromatic rings. The summed E-state index contributed by atoms with van der Waals surface area (Å²) in [5.74, 6) is -1.51. The highest BCUT2D eigenvalue weighted by Gasteiger charge is 2.33. The molecule has 0 spiro atoms. The van der Waals surface area contributed by atoms with Gasteiger partial charge in [0.2, 0.25) is 5.91 Å². The summed E-state index contributed by atoms with van der Waals surface area (Å²) in [6.45, 7) is 1.91. The van der Waals surface area contributed by atoms with Crippen molar-refractivity contribution in [1.29, 1.82) is 0 Å². The molecule has 0 saturated heterocycles. The van der Waals surface area contributed by atoms with E-state index in [4.69, 9.17) is 5.11 Å². The Balaban J connectivity index is 2.00. The van der Waals surface area contributed by atoms with E-state index in [0.717, 1.165) is 18.4 Å². The van der Waals surface area contributed by atoms with Crippen LogP contribution in [0.15, 0.2) is 36.4 Å². The van der Waals surface area contributed by atoms with Crippen LogP contribution in [0.1, 0.15) is 25.3 Å². The lowest BCUT2D eigenvalue weighted by Crippen LogP contribution is -2.37. The smallest absolute Gasteiger partial charge is 0.308 e. The molecule has 1 unspecified atom stereocenters. The van der Waals surface area contributed by atoms with Crippen LogP contribution in [0.2, 0.25) is 0 Å². The molecule has 1 fully saturated rings. The summed E-state index contributed by atoms with van der Waals surface area (Å²) in [6.07, 6.45) is 5.24. The molecule has 106 valence electrons. The van der Waals surface area contributed by atoms with Crippen molar-refractivity contribution in [3.05, 3.63) is 42.0 Å². The van der Waals surface area contributed by atoms with Gasteiger partial charge in [-0.05, 0) is 24.5 Å². The van der Waals surface area contributed by atoms with Gasteiger partial charge in [-0.15, -0.1) is 0 Å². The van der Waals surface area contributed by atoms with Gasteiger partial charge in [0, 0.05) is 18.7 Å². The first-order valence-corrected chi connectivity index (χ1v) is 6.84. The van der Waals surface area contributed by atoms with Crippen molar-refractivity contribution in [2.45, 2.75) is 25.8 Å². The van der Waals surface area contributed by atoms with Gasteiger partial charge in [-0.1, -0.05) is 37.3 Å². The number of carbonyl (C=O) groups excluding carboxylic acids is 1. The molecular formula is C16H19NO3. The Kier molecular flexibility index (Phi) is 4.56. The molecule has 2 rings (SSSR count). The number of nitrogens with zero attached hydrogens (tertiary/aromatic N) is 1. The van der Waals surface area contributed by atoms with Crippen LogP contribution >= 0.6 is 0 Å². The fraction of sp³-hybridized carbons (Fsp3) is 0.375. The number of hydrogen-bond acceptors (Lipinski definition) is 2. The van der Waals surface area contributed by atoms with Crippen molar-refractivity contribution in [2.24, 2.45) is 5.92 Å². The van der Waals surface area contributed by atoms with E-state index in [1.165, 1.54) is 6.08 Å². The summed E-state index contributed by atoms with van der Waals surface area (Å²) in [7, 11) is 0. The minimum Gasteiger partial charge on any atom is -0.481 e. The van der Waals surface area contributed by atoms with Crippen LogP contribution in [-0.4, -0.2) is 34.5 Å². The van der Waals surface area contributed by atoms with Gasteiger partial charge in [0.15, 0.2) is 0 Å². The van der Waals surface area contributed by atoms with Crippen molar-refractivity contribution < 1.29 is 14.7 Å². The molecule has 1 N–H and O–H groups in total. The summed E-state index contributed by atoms with van der Waals surface area (Å²) >= 11 is 0. The zero-order valence-electron chi connectivity index (χ0n) is 11.5. The lowest BCUT2D eigenvalue weighted by atomic mass is 10.1. The van der Waals surface area contributed by atoms with Gasteiger partial charge in [-0.2, -0.15) is 0 Å². The number of carboxylic acids is 1. The Morgan fingerprint density at radius 2 is 2.00 bits per heavy atom. The largest absolute Gasteiger partial charge is 0.481 e.